The highest BCUT2D eigenvalue weighted by molar-refractivity contribution is 5.91. The van der Waals surface area contributed by atoms with E-state index in [1.54, 1.807) is 10.8 Å². The van der Waals surface area contributed by atoms with Crippen molar-refractivity contribution in [1.82, 2.24) is 25.3 Å². The minimum Gasteiger partial charge on any atom is -0.367 e. The van der Waals surface area contributed by atoms with Crippen LogP contribution in [0.3, 0.4) is 0 Å². The first-order valence-electron chi connectivity index (χ1n) is 8.74. The Morgan fingerprint density at radius 3 is 2.56 bits per heavy atom. The Labute approximate surface area is 158 Å². The molecule has 0 spiro atoms. The number of nitrogens with one attached hydrogen (secondary N) is 2. The molecule has 0 fully saturated rings. The first kappa shape index (κ1) is 18.3. The largest absolute Gasteiger partial charge is 0.367 e. The fourth-order valence-electron chi connectivity index (χ4n) is 2.56. The molecule has 7 heteroatoms. The minimum atomic E-state index is -0.133. The van der Waals surface area contributed by atoms with E-state index in [2.05, 4.69) is 25.9 Å². The highest BCUT2D eigenvalue weighted by atomic mass is 16.1. The van der Waals surface area contributed by atoms with Gasteiger partial charge in [-0.25, -0.2) is 4.68 Å². The Kier molecular flexibility index (Phi) is 5.94. The first-order valence-corrected chi connectivity index (χ1v) is 8.74. The second-order valence-electron chi connectivity index (χ2n) is 6.08. The summed E-state index contributed by atoms with van der Waals surface area (Å²) in [5.41, 5.74) is 2.94. The van der Waals surface area contributed by atoms with Gasteiger partial charge in [-0.1, -0.05) is 30.3 Å². The molecule has 0 bridgehead atoms. The van der Waals surface area contributed by atoms with Crippen molar-refractivity contribution in [2.45, 2.75) is 13.8 Å². The predicted octanol–water partition coefficient (Wildman–Crippen LogP) is 2.52. The second-order valence-corrected chi connectivity index (χ2v) is 6.08. The van der Waals surface area contributed by atoms with Crippen molar-refractivity contribution < 1.29 is 4.79 Å². The van der Waals surface area contributed by atoms with Gasteiger partial charge >= 0.3 is 0 Å². The zero-order valence-corrected chi connectivity index (χ0v) is 15.4. The van der Waals surface area contributed by atoms with Crippen molar-refractivity contribution in [3.63, 3.8) is 0 Å². The zero-order valence-electron chi connectivity index (χ0n) is 15.4. The van der Waals surface area contributed by atoms with E-state index in [4.69, 9.17) is 0 Å². The van der Waals surface area contributed by atoms with E-state index in [1.165, 1.54) is 6.08 Å². The number of benzene rings is 1. The molecule has 27 heavy (non-hydrogen) atoms. The van der Waals surface area contributed by atoms with Crippen LogP contribution < -0.4 is 10.6 Å². The lowest BCUT2D eigenvalue weighted by molar-refractivity contribution is -0.116. The molecule has 2 N–H and O–H groups in total. The van der Waals surface area contributed by atoms with Crippen molar-refractivity contribution in [3.05, 3.63) is 71.6 Å². The summed E-state index contributed by atoms with van der Waals surface area (Å²) in [6.45, 7) is 4.96. The van der Waals surface area contributed by atoms with Gasteiger partial charge in [-0.2, -0.15) is 5.10 Å². The van der Waals surface area contributed by atoms with Crippen LogP contribution in [0.2, 0.25) is 0 Å². The number of anilines is 1. The van der Waals surface area contributed by atoms with Crippen molar-refractivity contribution in [2.24, 2.45) is 0 Å². The third kappa shape index (κ3) is 5.24. The summed E-state index contributed by atoms with van der Waals surface area (Å²) in [6, 6.07) is 15.4. The third-order valence-corrected chi connectivity index (χ3v) is 3.83. The smallest absolute Gasteiger partial charge is 0.244 e. The molecule has 0 saturated heterocycles. The van der Waals surface area contributed by atoms with Crippen LogP contribution in [0.5, 0.6) is 0 Å². The molecule has 0 aliphatic carbocycles. The van der Waals surface area contributed by atoms with E-state index in [0.29, 0.717) is 24.7 Å². The SMILES string of the molecule is Cc1cc(C)n(-c2ccc(NCCNC(=O)/C=C/c3ccccc3)nn2)n1. The summed E-state index contributed by atoms with van der Waals surface area (Å²) >= 11 is 0. The normalized spacial score (nSPS) is 10.9. The molecule has 0 saturated carbocycles. The number of carbonyl (C=O) groups excluding carboxylic acids is 1. The lowest BCUT2D eigenvalue weighted by atomic mass is 10.2. The molecule has 138 valence electrons. The Morgan fingerprint density at radius 1 is 1.07 bits per heavy atom. The number of carbonyl (C=O) groups is 1. The fourth-order valence-corrected chi connectivity index (χ4v) is 2.56. The molecule has 0 aliphatic heterocycles. The van der Waals surface area contributed by atoms with Gasteiger partial charge in [0.05, 0.1) is 5.69 Å². The number of hydrogen-bond acceptors (Lipinski definition) is 5. The zero-order chi connectivity index (χ0) is 19.1. The lowest BCUT2D eigenvalue weighted by Gasteiger charge is -2.07. The van der Waals surface area contributed by atoms with E-state index < -0.39 is 0 Å². The highest BCUT2D eigenvalue weighted by Crippen LogP contribution is 2.10. The van der Waals surface area contributed by atoms with Gasteiger partial charge in [0.1, 0.15) is 5.82 Å². The number of nitrogens with zero attached hydrogens (tertiary/aromatic N) is 4. The molecule has 2 heterocycles. The van der Waals surface area contributed by atoms with Crippen LogP contribution >= 0.6 is 0 Å². The molecule has 1 aromatic carbocycles. The first-order chi connectivity index (χ1) is 13.1. The minimum absolute atomic E-state index is 0.133. The standard InChI is InChI=1S/C20H22N6O/c1-15-14-16(2)26(25-15)19-10-9-18(23-24-19)21-12-13-22-20(27)11-8-17-6-4-3-5-7-17/h3-11,14H,12-13H2,1-2H3,(H,21,23)(H,22,27)/b11-8+. The molecule has 0 unspecified atom stereocenters. The number of aromatic nitrogens is 4. The topological polar surface area (TPSA) is 84.7 Å². The highest BCUT2D eigenvalue weighted by Gasteiger charge is 2.05. The van der Waals surface area contributed by atoms with Gasteiger partial charge in [0.15, 0.2) is 5.82 Å². The van der Waals surface area contributed by atoms with Gasteiger partial charge < -0.3 is 10.6 Å². The van der Waals surface area contributed by atoms with Crippen LogP contribution in [0, 0.1) is 13.8 Å². The van der Waals surface area contributed by atoms with Crippen LogP contribution in [0.1, 0.15) is 17.0 Å². The van der Waals surface area contributed by atoms with Crippen molar-refractivity contribution in [2.75, 3.05) is 18.4 Å². The average Bonchev–Trinajstić information content (AvgIpc) is 3.03. The van der Waals surface area contributed by atoms with E-state index in [-0.39, 0.29) is 5.91 Å². The maximum atomic E-state index is 11.8. The molecular weight excluding hydrogens is 340 g/mol. The van der Waals surface area contributed by atoms with E-state index in [0.717, 1.165) is 17.0 Å². The van der Waals surface area contributed by atoms with Gasteiger partial charge in [-0.15, -0.1) is 10.2 Å². The molecule has 0 atom stereocenters. The third-order valence-electron chi connectivity index (χ3n) is 3.83. The van der Waals surface area contributed by atoms with Crippen LogP contribution in [-0.2, 0) is 4.79 Å². The van der Waals surface area contributed by atoms with Gasteiger partial charge in [0, 0.05) is 24.9 Å². The summed E-state index contributed by atoms with van der Waals surface area (Å²) in [6.07, 6.45) is 3.31. The summed E-state index contributed by atoms with van der Waals surface area (Å²) in [5.74, 6) is 1.19. The fraction of sp³-hybridized carbons (Fsp3) is 0.200. The molecule has 7 nitrogen and oxygen atoms in total. The van der Waals surface area contributed by atoms with E-state index in [1.807, 2.05) is 62.4 Å². The van der Waals surface area contributed by atoms with Gasteiger partial charge in [-0.05, 0) is 43.7 Å². The predicted molar refractivity (Wildman–Crippen MR) is 106 cm³/mol. The Bertz CT molecular complexity index is 915. The Morgan fingerprint density at radius 2 is 1.89 bits per heavy atom. The summed E-state index contributed by atoms with van der Waals surface area (Å²) in [7, 11) is 0. The second kappa shape index (κ2) is 8.75. The van der Waals surface area contributed by atoms with Crippen molar-refractivity contribution >= 4 is 17.8 Å². The molecule has 2 aromatic heterocycles. The van der Waals surface area contributed by atoms with E-state index in [9.17, 15) is 4.79 Å². The quantitative estimate of drug-likeness (QED) is 0.498. The Hall–Kier alpha value is -3.48. The van der Waals surface area contributed by atoms with Crippen molar-refractivity contribution in [3.8, 4) is 5.82 Å². The number of hydrogen-bond donors (Lipinski definition) is 2. The molecular formula is C20H22N6O. The molecule has 0 radical (unpaired) electrons. The Balaban J connectivity index is 1.43. The average molecular weight is 362 g/mol. The summed E-state index contributed by atoms with van der Waals surface area (Å²) in [5, 5.41) is 18.7. The van der Waals surface area contributed by atoms with Crippen LogP contribution in [0.15, 0.2) is 54.6 Å². The van der Waals surface area contributed by atoms with Gasteiger partial charge in [0.2, 0.25) is 5.91 Å². The van der Waals surface area contributed by atoms with Crippen LogP contribution in [-0.4, -0.2) is 39.0 Å². The monoisotopic (exact) mass is 362 g/mol. The molecule has 3 aromatic rings. The maximum absolute atomic E-state index is 11.8. The maximum Gasteiger partial charge on any atom is 0.244 e. The molecule has 3 rings (SSSR count). The van der Waals surface area contributed by atoms with Gasteiger partial charge in [0.25, 0.3) is 0 Å². The van der Waals surface area contributed by atoms with Crippen LogP contribution in [0.4, 0.5) is 5.82 Å². The van der Waals surface area contributed by atoms with Crippen molar-refractivity contribution in [1.29, 1.82) is 0 Å². The summed E-state index contributed by atoms with van der Waals surface area (Å²) < 4.78 is 1.76. The van der Waals surface area contributed by atoms with E-state index >= 15 is 0 Å². The molecule has 1 amide bonds. The molecule has 0 aliphatic rings. The number of rotatable bonds is 7. The summed E-state index contributed by atoms with van der Waals surface area (Å²) in [4.78, 5) is 11.8. The lowest BCUT2D eigenvalue weighted by Crippen LogP contribution is -2.27. The van der Waals surface area contributed by atoms with Crippen LogP contribution in [0.25, 0.3) is 11.9 Å². The van der Waals surface area contributed by atoms with Gasteiger partial charge in [-0.3, -0.25) is 4.79 Å². The number of aryl methyl sites for hydroxylation is 2. The number of amides is 1.